The molecule has 6 rings (SSSR count). The quantitative estimate of drug-likeness (QED) is 0.238. The van der Waals surface area contributed by atoms with E-state index in [0.717, 1.165) is 41.1 Å². The van der Waals surface area contributed by atoms with Crippen LogP contribution < -0.4 is 7.74 Å². The van der Waals surface area contributed by atoms with Crippen molar-refractivity contribution in [2.45, 2.75) is 23.3 Å². The summed E-state index contributed by atoms with van der Waals surface area (Å²) in [6, 6.07) is 28.8. The topological polar surface area (TPSA) is 52.6 Å². The Balaban J connectivity index is 1.79. The van der Waals surface area contributed by atoms with Gasteiger partial charge in [-0.3, -0.25) is 0 Å². The first-order valence-electron chi connectivity index (χ1n) is 12.3. The summed E-state index contributed by atoms with van der Waals surface area (Å²) in [6.45, 7) is 0.963. The minimum absolute atomic E-state index is 0.482. The maximum atomic E-state index is 12.5. The number of rotatable bonds is 6. The van der Waals surface area contributed by atoms with Gasteiger partial charge in [-0.1, -0.05) is 0 Å². The molecule has 0 N–H and O–H groups in total. The Morgan fingerprint density at radius 1 is 0.611 bits per heavy atom. The normalized spacial score (nSPS) is 16.1. The third kappa shape index (κ3) is 2.68. The predicted octanol–water partition coefficient (Wildman–Crippen LogP) is 4.36. The van der Waals surface area contributed by atoms with Crippen molar-refractivity contribution in [2.75, 3.05) is 0 Å². The first-order valence-corrected chi connectivity index (χ1v) is 22.2. The first-order chi connectivity index (χ1) is 17.1. The van der Waals surface area contributed by atoms with Gasteiger partial charge in [0.15, 0.2) is 0 Å². The zero-order chi connectivity index (χ0) is 25.3. The van der Waals surface area contributed by atoms with Crippen LogP contribution in [0.3, 0.4) is 0 Å². The van der Waals surface area contributed by atoms with Gasteiger partial charge in [-0.2, -0.15) is 0 Å². The van der Waals surface area contributed by atoms with Gasteiger partial charge in [-0.25, -0.2) is 0 Å². The van der Waals surface area contributed by atoms with Gasteiger partial charge in [-0.15, -0.1) is 0 Å². The predicted molar refractivity (Wildman–Crippen MR) is 143 cm³/mol. The fourth-order valence-electron chi connectivity index (χ4n) is 7.02. The van der Waals surface area contributed by atoms with Crippen LogP contribution >= 0.6 is 0 Å². The van der Waals surface area contributed by atoms with E-state index in [0.29, 0.717) is 25.8 Å². The zero-order valence-corrected chi connectivity index (χ0v) is 23.5. The number of hydrogen-bond donors (Lipinski definition) is 0. The van der Waals surface area contributed by atoms with Crippen LogP contribution in [0.4, 0.5) is 0 Å². The number of benzene rings is 4. The SMILES string of the molecule is [CH3][Ti]([CH3])(=[SiH2])([O]C=O)([O]C=O)([c]1cccc2c1Cc1ccccc1-2)[c]1cccc2c1Cc1ccccc1-2. The zero-order valence-electron chi connectivity index (χ0n) is 20.5. The molecule has 4 aromatic carbocycles. The van der Waals surface area contributed by atoms with Crippen LogP contribution in [-0.4, -0.2) is 20.6 Å². The summed E-state index contributed by atoms with van der Waals surface area (Å²) in [5, 5.41) is 3.85. The number of carbonyl (C=O) groups excluding carboxylic acids is 2. The standard InChI is InChI=1S/2C13H9.2CH2O2.2CH3.H2Si.Ti/c2*1-3-7-12-10(5-1)9-11-6-2-4-8-13(11)12;2*2-1-3;;;;/h2*1-5,7-8H,9H2;2*1H,(H,2,3);2*1H3;1H2;/q;;;;;;;+2/p-2. The fraction of sp³-hybridized carbons (Fsp3) is 0.133. The molecule has 0 aromatic heterocycles. The Labute approximate surface area is 208 Å². The molecule has 0 heterocycles. The van der Waals surface area contributed by atoms with Crippen molar-refractivity contribution in [3.05, 3.63) is 107 Å². The van der Waals surface area contributed by atoms with Crippen molar-refractivity contribution in [3.63, 3.8) is 0 Å². The molecule has 0 saturated heterocycles. The summed E-state index contributed by atoms with van der Waals surface area (Å²) < 4.78 is 14.6. The molecule has 6 heteroatoms. The van der Waals surface area contributed by atoms with Gasteiger partial charge in [0, 0.05) is 0 Å². The Morgan fingerprint density at radius 2 is 1.00 bits per heavy atom. The molecule has 36 heavy (non-hydrogen) atoms. The van der Waals surface area contributed by atoms with Gasteiger partial charge >= 0.3 is 210 Å². The van der Waals surface area contributed by atoms with Crippen molar-refractivity contribution >= 4 is 28.3 Å². The van der Waals surface area contributed by atoms with Crippen LogP contribution in [0.1, 0.15) is 22.3 Å². The molecule has 4 aromatic rings. The van der Waals surface area contributed by atoms with E-state index >= 15 is 0 Å². The van der Waals surface area contributed by atoms with Gasteiger partial charge in [-0.05, 0) is 0 Å². The number of fused-ring (bicyclic) bond motifs is 6. The van der Waals surface area contributed by atoms with Gasteiger partial charge in [0.1, 0.15) is 0 Å². The molecule has 0 bridgehead atoms. The van der Waals surface area contributed by atoms with Crippen LogP contribution in [0, 0.1) is 0 Å². The van der Waals surface area contributed by atoms with Crippen molar-refractivity contribution in [1.29, 1.82) is 0 Å². The van der Waals surface area contributed by atoms with E-state index in [1.165, 1.54) is 11.1 Å². The minimum atomic E-state index is -6.41. The maximum absolute atomic E-state index is 12.5. The third-order valence-electron chi connectivity index (χ3n) is 8.94. The summed E-state index contributed by atoms with van der Waals surface area (Å²) in [4.78, 5) is 25.1. The van der Waals surface area contributed by atoms with Crippen LogP contribution in [-0.2, 0) is 41.3 Å². The van der Waals surface area contributed by atoms with E-state index in [-0.39, 0.29) is 0 Å². The van der Waals surface area contributed by atoms with Crippen molar-refractivity contribution in [2.24, 2.45) is 0 Å². The van der Waals surface area contributed by atoms with Crippen LogP contribution in [0.25, 0.3) is 22.3 Å². The second-order valence-corrected chi connectivity index (χ2v) is 39.0. The van der Waals surface area contributed by atoms with Gasteiger partial charge in [0.05, 0.1) is 0 Å². The fourth-order valence-corrected chi connectivity index (χ4v) is 19.8. The Kier molecular flexibility index (Phi) is 4.21. The summed E-state index contributed by atoms with van der Waals surface area (Å²) in [7, 11) is 1.59. The molecule has 0 spiro atoms. The summed E-state index contributed by atoms with van der Waals surface area (Å²) in [5.74, 6) is 0. The molecule has 4 nitrogen and oxygen atoms in total. The molecule has 0 fully saturated rings. The van der Waals surface area contributed by atoms with Gasteiger partial charge in [0.25, 0.3) is 0 Å². The molecule has 0 aliphatic heterocycles. The molecule has 180 valence electrons. The van der Waals surface area contributed by atoms with Gasteiger partial charge < -0.3 is 0 Å². The van der Waals surface area contributed by atoms with Crippen LogP contribution in [0.2, 0.25) is 10.5 Å². The van der Waals surface area contributed by atoms with E-state index < -0.39 is 12.3 Å². The molecule has 2 aliphatic carbocycles. The molecule has 0 atom stereocenters. The molecule has 2 aliphatic rings. The summed E-state index contributed by atoms with van der Waals surface area (Å²) >= 11 is -6.41. The molecule has 0 saturated carbocycles. The van der Waals surface area contributed by atoms with E-state index in [2.05, 4.69) is 36.4 Å². The molecular weight excluding hydrogens is 500 g/mol. The summed E-state index contributed by atoms with van der Waals surface area (Å²) in [6.07, 6.45) is 1.35. The van der Waals surface area contributed by atoms with Crippen molar-refractivity contribution in [3.8, 4) is 22.3 Å². The summed E-state index contributed by atoms with van der Waals surface area (Å²) in [5.41, 5.74) is 9.00. The van der Waals surface area contributed by atoms with Crippen LogP contribution in [0.5, 0.6) is 0 Å². The number of carbonyl (C=O) groups is 2. The second kappa shape index (κ2) is 6.54. The van der Waals surface area contributed by atoms with Gasteiger partial charge in [0.2, 0.25) is 0 Å². The van der Waals surface area contributed by atoms with Crippen LogP contribution in [0.15, 0.2) is 84.9 Å². The van der Waals surface area contributed by atoms with Crippen molar-refractivity contribution in [1.82, 2.24) is 0 Å². The van der Waals surface area contributed by atoms with E-state index in [1.54, 1.807) is 7.63 Å². The third-order valence-corrected chi connectivity index (χ3v) is 25.0. The Bertz CT molecular complexity index is 1650. The van der Waals surface area contributed by atoms with E-state index in [1.807, 2.05) is 59.0 Å². The Hall–Kier alpha value is -3.25. The van der Waals surface area contributed by atoms with E-state index in [9.17, 15) is 9.59 Å². The number of hydrogen-bond acceptors (Lipinski definition) is 4. The average Bonchev–Trinajstić information content (AvgIpc) is 3.42. The first kappa shape index (κ1) is 23.2. The molecule has 0 radical (unpaired) electrons. The van der Waals surface area contributed by atoms with E-state index in [4.69, 9.17) is 6.64 Å². The Morgan fingerprint density at radius 3 is 1.42 bits per heavy atom. The second-order valence-electron chi connectivity index (χ2n) is 12.0. The molecular formula is C30H28O4SiTi. The molecule has 0 unspecified atom stereocenters. The molecule has 0 amide bonds. The monoisotopic (exact) mass is 528 g/mol. The van der Waals surface area contributed by atoms with Crippen molar-refractivity contribution < 1.29 is 28.5 Å². The average molecular weight is 529 g/mol.